The van der Waals surface area contributed by atoms with Gasteiger partial charge in [0.15, 0.2) is 11.7 Å². The predicted octanol–water partition coefficient (Wildman–Crippen LogP) is 3.53. The van der Waals surface area contributed by atoms with Crippen LogP contribution in [0.25, 0.3) is 11.3 Å². The fourth-order valence-electron chi connectivity index (χ4n) is 3.06. The molecule has 6 heteroatoms. The Labute approximate surface area is 153 Å². The van der Waals surface area contributed by atoms with Crippen molar-refractivity contribution in [3.8, 4) is 11.3 Å². The van der Waals surface area contributed by atoms with E-state index in [1.165, 1.54) is 19.3 Å². The van der Waals surface area contributed by atoms with Crippen molar-refractivity contribution < 1.29 is 9.21 Å². The van der Waals surface area contributed by atoms with Gasteiger partial charge in [-0.2, -0.15) is 0 Å². The van der Waals surface area contributed by atoms with Crippen molar-refractivity contribution >= 4 is 17.5 Å². The third kappa shape index (κ3) is 5.31. The van der Waals surface area contributed by atoms with Crippen molar-refractivity contribution in [1.29, 1.82) is 0 Å². The second kappa shape index (κ2) is 9.02. The molecule has 1 N–H and O–H groups in total. The topological polar surface area (TPSA) is 58.4 Å². The summed E-state index contributed by atoms with van der Waals surface area (Å²) < 4.78 is 5.72. The first-order valence-electron chi connectivity index (χ1n) is 8.91. The molecule has 0 aliphatic carbocycles. The normalized spacial score (nSPS) is 15.2. The third-order valence-electron chi connectivity index (χ3n) is 4.46. The van der Waals surface area contributed by atoms with Gasteiger partial charge >= 0.3 is 0 Å². The second-order valence-corrected chi connectivity index (χ2v) is 6.76. The van der Waals surface area contributed by atoms with Crippen LogP contribution in [0, 0.1) is 0 Å². The maximum atomic E-state index is 12.0. The number of hydrogen-bond donors (Lipinski definition) is 1. The van der Waals surface area contributed by atoms with Gasteiger partial charge in [-0.15, -0.1) is 0 Å². The molecule has 2 heterocycles. The van der Waals surface area contributed by atoms with E-state index in [1.54, 1.807) is 6.20 Å². The molecule has 1 aliphatic rings. The van der Waals surface area contributed by atoms with Gasteiger partial charge in [0.1, 0.15) is 0 Å². The van der Waals surface area contributed by atoms with Gasteiger partial charge in [-0.05, 0) is 38.1 Å². The lowest BCUT2D eigenvalue weighted by Gasteiger charge is -2.26. The largest absolute Gasteiger partial charge is 0.441 e. The molecule has 2 aromatic rings. The molecule has 0 saturated carbocycles. The first-order chi connectivity index (χ1) is 12.2. The summed E-state index contributed by atoms with van der Waals surface area (Å²) in [6.45, 7) is 3.94. The Morgan fingerprint density at radius 2 is 2.04 bits per heavy atom. The minimum absolute atomic E-state index is 0.0366. The average molecular weight is 362 g/mol. The highest BCUT2D eigenvalue weighted by Gasteiger charge is 2.12. The number of aryl methyl sites for hydroxylation is 1. The fraction of sp³-hybridized carbons (Fsp3) is 0.474. The van der Waals surface area contributed by atoms with E-state index in [-0.39, 0.29) is 5.91 Å². The number of amides is 1. The van der Waals surface area contributed by atoms with Crippen LogP contribution in [-0.2, 0) is 11.2 Å². The van der Waals surface area contributed by atoms with Crippen molar-refractivity contribution in [3.63, 3.8) is 0 Å². The standard InChI is InChI=1S/C19H24ClN3O2/c20-16-7-3-2-6-15(16)17-14-22-19(25-17)9-8-18(24)21-10-13-23-11-4-1-5-12-23/h2-3,6-7,14H,1,4-5,8-13H2,(H,21,24). The number of carbonyl (C=O) groups excluding carboxylic acids is 1. The summed E-state index contributed by atoms with van der Waals surface area (Å²) in [5.74, 6) is 1.22. The van der Waals surface area contributed by atoms with E-state index in [9.17, 15) is 4.79 Å². The molecule has 1 aromatic heterocycles. The zero-order valence-electron chi connectivity index (χ0n) is 14.3. The molecule has 1 amide bonds. The van der Waals surface area contributed by atoms with Gasteiger partial charge in [0.05, 0.1) is 11.2 Å². The quantitative estimate of drug-likeness (QED) is 0.819. The number of oxazole rings is 1. The first kappa shape index (κ1) is 18.0. The van der Waals surface area contributed by atoms with Crippen molar-refractivity contribution in [2.75, 3.05) is 26.2 Å². The molecule has 1 saturated heterocycles. The molecule has 5 nitrogen and oxygen atoms in total. The van der Waals surface area contributed by atoms with E-state index in [0.29, 0.717) is 36.1 Å². The van der Waals surface area contributed by atoms with Crippen LogP contribution in [0.2, 0.25) is 5.02 Å². The number of aromatic nitrogens is 1. The molecule has 0 bridgehead atoms. The molecule has 0 atom stereocenters. The summed E-state index contributed by atoms with van der Waals surface area (Å²) in [6.07, 6.45) is 6.39. The lowest BCUT2D eigenvalue weighted by Crippen LogP contribution is -2.37. The number of rotatable bonds is 7. The van der Waals surface area contributed by atoms with Crippen LogP contribution < -0.4 is 5.32 Å². The number of hydrogen-bond acceptors (Lipinski definition) is 4. The van der Waals surface area contributed by atoms with Crippen molar-refractivity contribution in [3.05, 3.63) is 41.4 Å². The molecule has 1 aromatic carbocycles. The maximum absolute atomic E-state index is 12.0. The van der Waals surface area contributed by atoms with Gasteiger partial charge < -0.3 is 14.6 Å². The summed E-state index contributed by atoms with van der Waals surface area (Å²) in [5.41, 5.74) is 0.814. The number of nitrogens with zero attached hydrogens (tertiary/aromatic N) is 2. The number of likely N-dealkylation sites (tertiary alicyclic amines) is 1. The Bertz CT molecular complexity index is 695. The highest BCUT2D eigenvalue weighted by Crippen LogP contribution is 2.28. The molecule has 25 heavy (non-hydrogen) atoms. The smallest absolute Gasteiger partial charge is 0.220 e. The lowest BCUT2D eigenvalue weighted by molar-refractivity contribution is -0.121. The number of benzene rings is 1. The summed E-state index contributed by atoms with van der Waals surface area (Å²) >= 11 is 6.16. The SMILES string of the molecule is O=C(CCc1ncc(-c2ccccc2Cl)o1)NCCN1CCCCC1. The van der Waals surface area contributed by atoms with Crippen LogP contribution >= 0.6 is 11.6 Å². The number of nitrogens with one attached hydrogen (secondary N) is 1. The van der Waals surface area contributed by atoms with E-state index in [2.05, 4.69) is 15.2 Å². The van der Waals surface area contributed by atoms with Crippen LogP contribution in [-0.4, -0.2) is 42.0 Å². The molecule has 3 rings (SSSR count). The zero-order chi connectivity index (χ0) is 17.5. The number of piperidine rings is 1. The molecular weight excluding hydrogens is 338 g/mol. The van der Waals surface area contributed by atoms with E-state index in [1.807, 2.05) is 24.3 Å². The Kier molecular flexibility index (Phi) is 6.48. The van der Waals surface area contributed by atoms with Gasteiger partial charge in [0.2, 0.25) is 5.91 Å². The minimum Gasteiger partial charge on any atom is -0.441 e. The van der Waals surface area contributed by atoms with E-state index in [0.717, 1.165) is 25.2 Å². The summed E-state index contributed by atoms with van der Waals surface area (Å²) in [7, 11) is 0. The van der Waals surface area contributed by atoms with Crippen molar-refractivity contribution in [2.24, 2.45) is 0 Å². The molecular formula is C19H24ClN3O2. The molecule has 0 unspecified atom stereocenters. The predicted molar refractivity (Wildman–Crippen MR) is 98.6 cm³/mol. The fourth-order valence-corrected chi connectivity index (χ4v) is 3.29. The average Bonchev–Trinajstić information content (AvgIpc) is 3.10. The van der Waals surface area contributed by atoms with Crippen molar-refractivity contribution in [2.45, 2.75) is 32.1 Å². The molecule has 0 radical (unpaired) electrons. The zero-order valence-corrected chi connectivity index (χ0v) is 15.1. The third-order valence-corrected chi connectivity index (χ3v) is 4.79. The Morgan fingerprint density at radius 1 is 1.24 bits per heavy atom. The maximum Gasteiger partial charge on any atom is 0.220 e. The van der Waals surface area contributed by atoms with Gasteiger partial charge in [-0.25, -0.2) is 4.98 Å². The number of halogens is 1. The Hall–Kier alpha value is -1.85. The van der Waals surface area contributed by atoms with Crippen LogP contribution in [0.5, 0.6) is 0 Å². The summed E-state index contributed by atoms with van der Waals surface area (Å²) in [4.78, 5) is 18.6. The monoisotopic (exact) mass is 361 g/mol. The Balaban J connectivity index is 1.41. The second-order valence-electron chi connectivity index (χ2n) is 6.35. The van der Waals surface area contributed by atoms with Crippen molar-refractivity contribution in [1.82, 2.24) is 15.2 Å². The first-order valence-corrected chi connectivity index (χ1v) is 9.29. The van der Waals surface area contributed by atoms with E-state index < -0.39 is 0 Å². The highest BCUT2D eigenvalue weighted by atomic mass is 35.5. The summed E-state index contributed by atoms with van der Waals surface area (Å²) in [6, 6.07) is 7.48. The molecule has 134 valence electrons. The number of carbonyl (C=O) groups is 1. The van der Waals surface area contributed by atoms with Gasteiger partial charge in [-0.3, -0.25) is 4.79 Å². The van der Waals surface area contributed by atoms with Crippen LogP contribution in [0.1, 0.15) is 31.6 Å². The van der Waals surface area contributed by atoms with E-state index >= 15 is 0 Å². The van der Waals surface area contributed by atoms with Gasteiger partial charge in [0, 0.05) is 31.5 Å². The van der Waals surface area contributed by atoms with Gasteiger partial charge in [-0.1, -0.05) is 30.2 Å². The van der Waals surface area contributed by atoms with Crippen LogP contribution in [0.15, 0.2) is 34.9 Å². The minimum atomic E-state index is 0.0366. The molecule has 1 aliphatic heterocycles. The van der Waals surface area contributed by atoms with E-state index in [4.69, 9.17) is 16.0 Å². The van der Waals surface area contributed by atoms with Crippen LogP contribution in [0.3, 0.4) is 0 Å². The lowest BCUT2D eigenvalue weighted by atomic mass is 10.1. The molecule has 1 fully saturated rings. The van der Waals surface area contributed by atoms with Crippen LogP contribution in [0.4, 0.5) is 0 Å². The highest BCUT2D eigenvalue weighted by molar-refractivity contribution is 6.33. The van der Waals surface area contributed by atoms with Gasteiger partial charge in [0.25, 0.3) is 0 Å². The Morgan fingerprint density at radius 3 is 2.84 bits per heavy atom. The molecule has 0 spiro atoms. The summed E-state index contributed by atoms with van der Waals surface area (Å²) in [5, 5.41) is 3.60.